The predicted molar refractivity (Wildman–Crippen MR) is 101 cm³/mol. The Kier molecular flexibility index (Phi) is 4.66. The quantitative estimate of drug-likeness (QED) is 0.346. The van der Waals surface area contributed by atoms with Crippen molar-refractivity contribution in [1.82, 2.24) is 19.4 Å². The molecule has 0 radical (unpaired) electrons. The van der Waals surface area contributed by atoms with Crippen LogP contribution in [-0.4, -0.2) is 38.6 Å². The second-order valence-corrected chi connectivity index (χ2v) is 6.51. The van der Waals surface area contributed by atoms with E-state index in [0.29, 0.717) is 30.7 Å². The largest absolute Gasteiger partial charge is 0.477 e. The second-order valence-electron chi connectivity index (χ2n) is 6.51. The molecule has 3 aromatic rings. The first-order valence-corrected chi connectivity index (χ1v) is 9.20. The summed E-state index contributed by atoms with van der Waals surface area (Å²) in [5.74, 6) is 0.655. The van der Waals surface area contributed by atoms with Gasteiger partial charge in [-0.3, -0.25) is 0 Å². The van der Waals surface area contributed by atoms with Gasteiger partial charge in [-0.25, -0.2) is 14.0 Å². The highest BCUT2D eigenvalue weighted by atomic mass is 16.5. The minimum atomic E-state index is -0.397. The molecule has 0 atom stereocenters. The van der Waals surface area contributed by atoms with Crippen LogP contribution in [0.3, 0.4) is 0 Å². The Morgan fingerprint density at radius 1 is 1.37 bits per heavy atom. The molecule has 1 aliphatic carbocycles. The van der Waals surface area contributed by atoms with Crippen molar-refractivity contribution in [3.8, 4) is 11.6 Å². The highest BCUT2D eigenvalue weighted by Gasteiger charge is 2.30. The predicted octanol–water partition coefficient (Wildman–Crippen LogP) is 3.53. The van der Waals surface area contributed by atoms with E-state index in [1.165, 1.54) is 0 Å². The van der Waals surface area contributed by atoms with Gasteiger partial charge in [-0.1, -0.05) is 6.08 Å². The number of rotatable bonds is 8. The summed E-state index contributed by atoms with van der Waals surface area (Å²) in [7, 11) is 0. The summed E-state index contributed by atoms with van der Waals surface area (Å²) in [5, 5.41) is 8.85. The van der Waals surface area contributed by atoms with Crippen molar-refractivity contribution in [2.24, 2.45) is 0 Å². The van der Waals surface area contributed by atoms with E-state index in [1.807, 2.05) is 35.0 Å². The van der Waals surface area contributed by atoms with Gasteiger partial charge < -0.3 is 9.47 Å². The van der Waals surface area contributed by atoms with Crippen molar-refractivity contribution in [3.63, 3.8) is 0 Å². The van der Waals surface area contributed by atoms with Crippen LogP contribution in [0, 0.1) is 0 Å². The summed E-state index contributed by atoms with van der Waals surface area (Å²) in [5.41, 5.74) is 3.10. The zero-order valence-corrected chi connectivity index (χ0v) is 15.3. The number of nitrogens with zero attached hydrogens (tertiary/aromatic N) is 4. The van der Waals surface area contributed by atoms with E-state index in [1.54, 1.807) is 17.6 Å². The van der Waals surface area contributed by atoms with Crippen LogP contribution in [0.4, 0.5) is 0 Å². The van der Waals surface area contributed by atoms with Crippen LogP contribution in [0.15, 0.2) is 43.1 Å². The van der Waals surface area contributed by atoms with Crippen LogP contribution in [-0.2, 0) is 4.74 Å². The molecule has 1 aliphatic rings. The standard InChI is InChI=1S/C20H22N4O3/c1-3-5-10-27-19-12-16(11-15-8-9-21-24(15)19)23-18(14-6-7-14)13-17(22-23)20(25)26-4-2/h3,8-9,11-14H,1,4-7,10H2,2H3. The monoisotopic (exact) mass is 366 g/mol. The van der Waals surface area contributed by atoms with E-state index < -0.39 is 5.97 Å². The summed E-state index contributed by atoms with van der Waals surface area (Å²) >= 11 is 0. The first-order chi connectivity index (χ1) is 13.2. The molecule has 3 aromatic heterocycles. The summed E-state index contributed by atoms with van der Waals surface area (Å²) in [4.78, 5) is 12.2. The maximum absolute atomic E-state index is 12.2. The number of pyridine rings is 1. The third-order valence-corrected chi connectivity index (χ3v) is 4.48. The summed E-state index contributed by atoms with van der Waals surface area (Å²) in [6.45, 7) is 6.36. The van der Waals surface area contributed by atoms with Crippen molar-refractivity contribution in [1.29, 1.82) is 0 Å². The van der Waals surface area contributed by atoms with Gasteiger partial charge in [0.25, 0.3) is 0 Å². The average Bonchev–Trinajstić information content (AvgIpc) is 3.23. The van der Waals surface area contributed by atoms with E-state index in [9.17, 15) is 4.79 Å². The molecular weight excluding hydrogens is 344 g/mol. The van der Waals surface area contributed by atoms with Gasteiger partial charge in [0.1, 0.15) is 0 Å². The fraction of sp³-hybridized carbons (Fsp3) is 0.350. The van der Waals surface area contributed by atoms with Gasteiger partial charge in [0.05, 0.1) is 30.6 Å². The Morgan fingerprint density at radius 3 is 2.96 bits per heavy atom. The zero-order chi connectivity index (χ0) is 18.8. The third kappa shape index (κ3) is 3.45. The number of aromatic nitrogens is 4. The second kappa shape index (κ2) is 7.26. The Morgan fingerprint density at radius 2 is 2.22 bits per heavy atom. The van der Waals surface area contributed by atoms with Crippen LogP contribution in [0.1, 0.15) is 48.3 Å². The molecule has 0 saturated heterocycles. The van der Waals surface area contributed by atoms with Crippen molar-refractivity contribution in [2.45, 2.75) is 32.1 Å². The van der Waals surface area contributed by atoms with E-state index in [-0.39, 0.29) is 0 Å². The maximum atomic E-state index is 12.2. The van der Waals surface area contributed by atoms with Gasteiger partial charge in [-0.05, 0) is 44.4 Å². The number of fused-ring (bicyclic) bond motifs is 1. The van der Waals surface area contributed by atoms with Gasteiger partial charge in [-0.15, -0.1) is 6.58 Å². The molecule has 7 nitrogen and oxygen atoms in total. The van der Waals surface area contributed by atoms with Gasteiger partial charge >= 0.3 is 5.97 Å². The Labute approximate surface area is 157 Å². The van der Waals surface area contributed by atoms with E-state index in [2.05, 4.69) is 16.8 Å². The lowest BCUT2D eigenvalue weighted by molar-refractivity contribution is 0.0519. The third-order valence-electron chi connectivity index (χ3n) is 4.48. The molecule has 1 fully saturated rings. The van der Waals surface area contributed by atoms with Crippen molar-refractivity contribution in [3.05, 3.63) is 54.5 Å². The number of esters is 1. The highest BCUT2D eigenvalue weighted by Crippen LogP contribution is 2.41. The molecule has 4 rings (SSSR count). The van der Waals surface area contributed by atoms with Crippen LogP contribution in [0.5, 0.6) is 5.88 Å². The first-order valence-electron chi connectivity index (χ1n) is 9.20. The Bertz CT molecular complexity index is 984. The van der Waals surface area contributed by atoms with E-state index in [0.717, 1.165) is 36.2 Å². The number of ether oxygens (including phenoxy) is 2. The molecule has 27 heavy (non-hydrogen) atoms. The smallest absolute Gasteiger partial charge is 0.358 e. The normalized spacial score (nSPS) is 13.7. The van der Waals surface area contributed by atoms with Crippen molar-refractivity contribution >= 4 is 11.5 Å². The molecule has 3 heterocycles. The molecule has 0 spiro atoms. The van der Waals surface area contributed by atoms with Crippen LogP contribution in [0.2, 0.25) is 0 Å². The molecule has 0 aromatic carbocycles. The van der Waals surface area contributed by atoms with Crippen molar-refractivity contribution in [2.75, 3.05) is 13.2 Å². The number of hydrogen-bond acceptors (Lipinski definition) is 5. The lowest BCUT2D eigenvalue weighted by atomic mass is 10.2. The van der Waals surface area contributed by atoms with Crippen LogP contribution < -0.4 is 4.74 Å². The fourth-order valence-electron chi connectivity index (χ4n) is 3.04. The summed E-state index contributed by atoms with van der Waals surface area (Å²) < 4.78 is 14.6. The number of hydrogen-bond donors (Lipinski definition) is 0. The molecule has 0 N–H and O–H groups in total. The van der Waals surface area contributed by atoms with Crippen LogP contribution >= 0.6 is 0 Å². The summed E-state index contributed by atoms with van der Waals surface area (Å²) in [6, 6.07) is 7.64. The zero-order valence-electron chi connectivity index (χ0n) is 15.3. The van der Waals surface area contributed by atoms with Gasteiger partial charge in [0.15, 0.2) is 5.69 Å². The number of carbonyl (C=O) groups is 1. The fourth-order valence-corrected chi connectivity index (χ4v) is 3.04. The average molecular weight is 366 g/mol. The molecule has 0 amide bonds. The lowest BCUT2D eigenvalue weighted by Crippen LogP contribution is -2.08. The highest BCUT2D eigenvalue weighted by molar-refractivity contribution is 5.87. The molecule has 0 bridgehead atoms. The Balaban J connectivity index is 1.77. The van der Waals surface area contributed by atoms with Crippen molar-refractivity contribution < 1.29 is 14.3 Å². The molecular formula is C20H22N4O3. The lowest BCUT2D eigenvalue weighted by Gasteiger charge is -2.12. The summed E-state index contributed by atoms with van der Waals surface area (Å²) in [6.07, 6.45) is 6.50. The minimum Gasteiger partial charge on any atom is -0.477 e. The molecule has 0 aliphatic heterocycles. The first kappa shape index (κ1) is 17.3. The van der Waals surface area contributed by atoms with Gasteiger partial charge in [0, 0.05) is 17.7 Å². The van der Waals surface area contributed by atoms with Gasteiger partial charge in [0.2, 0.25) is 5.88 Å². The molecule has 1 saturated carbocycles. The molecule has 140 valence electrons. The van der Waals surface area contributed by atoms with E-state index >= 15 is 0 Å². The Hall–Kier alpha value is -3.09. The van der Waals surface area contributed by atoms with Gasteiger partial charge in [-0.2, -0.15) is 10.2 Å². The SMILES string of the molecule is C=CCCOc1cc(-n2nc(C(=O)OCC)cc2C2CC2)cc2ccnn12. The van der Waals surface area contributed by atoms with Crippen LogP contribution in [0.25, 0.3) is 11.2 Å². The minimum absolute atomic E-state index is 0.327. The molecule has 7 heteroatoms. The maximum Gasteiger partial charge on any atom is 0.358 e. The number of carbonyl (C=O) groups excluding carboxylic acids is 1. The molecule has 0 unspecified atom stereocenters. The topological polar surface area (TPSA) is 70.7 Å². The van der Waals surface area contributed by atoms with E-state index in [4.69, 9.17) is 9.47 Å².